The van der Waals surface area contributed by atoms with Crippen molar-refractivity contribution in [2.24, 2.45) is 5.73 Å². The van der Waals surface area contributed by atoms with Gasteiger partial charge in [-0.15, -0.1) is 0 Å². The number of primary amides is 1. The summed E-state index contributed by atoms with van der Waals surface area (Å²) in [5.41, 5.74) is 9.70. The van der Waals surface area contributed by atoms with Gasteiger partial charge in [0.25, 0.3) is 0 Å². The van der Waals surface area contributed by atoms with E-state index in [0.29, 0.717) is 22.7 Å². The third kappa shape index (κ3) is 3.48. The SMILES string of the molecule is NC(=O)c1ccc(-c2cc(-c3ccc(F)cc3)nc(-c3ccco3)c2)cc1. The minimum atomic E-state index is -0.473. The fourth-order valence-corrected chi connectivity index (χ4v) is 2.84. The van der Waals surface area contributed by atoms with Crippen molar-refractivity contribution in [3.05, 3.63) is 90.4 Å². The molecule has 27 heavy (non-hydrogen) atoms. The number of halogens is 1. The summed E-state index contributed by atoms with van der Waals surface area (Å²) in [6.07, 6.45) is 1.59. The number of benzene rings is 2. The fourth-order valence-electron chi connectivity index (χ4n) is 2.84. The smallest absolute Gasteiger partial charge is 0.248 e. The van der Waals surface area contributed by atoms with E-state index in [-0.39, 0.29) is 5.82 Å². The molecule has 2 heterocycles. The van der Waals surface area contributed by atoms with Crippen LogP contribution in [0.3, 0.4) is 0 Å². The second-order valence-corrected chi connectivity index (χ2v) is 6.05. The highest BCUT2D eigenvalue weighted by Gasteiger charge is 2.11. The average Bonchev–Trinajstić information content (AvgIpc) is 3.23. The van der Waals surface area contributed by atoms with Crippen molar-refractivity contribution in [3.8, 4) is 33.8 Å². The summed E-state index contributed by atoms with van der Waals surface area (Å²) in [6.45, 7) is 0. The zero-order valence-corrected chi connectivity index (χ0v) is 14.2. The van der Waals surface area contributed by atoms with Crippen LogP contribution in [0.4, 0.5) is 4.39 Å². The highest BCUT2D eigenvalue weighted by molar-refractivity contribution is 5.93. The minimum absolute atomic E-state index is 0.303. The zero-order chi connectivity index (χ0) is 18.8. The number of carbonyl (C=O) groups is 1. The van der Waals surface area contributed by atoms with Crippen molar-refractivity contribution < 1.29 is 13.6 Å². The number of rotatable bonds is 4. The summed E-state index contributed by atoms with van der Waals surface area (Å²) in [5.74, 6) is -0.142. The van der Waals surface area contributed by atoms with Crippen LogP contribution in [0.1, 0.15) is 10.4 Å². The topological polar surface area (TPSA) is 69.1 Å². The van der Waals surface area contributed by atoms with Crippen LogP contribution in [0.15, 0.2) is 83.5 Å². The summed E-state index contributed by atoms with van der Waals surface area (Å²) in [6, 6.07) is 20.6. The van der Waals surface area contributed by atoms with Gasteiger partial charge in [-0.3, -0.25) is 4.79 Å². The molecule has 0 radical (unpaired) electrons. The van der Waals surface area contributed by atoms with Crippen molar-refractivity contribution >= 4 is 5.91 Å². The second-order valence-electron chi connectivity index (χ2n) is 6.05. The molecule has 0 bridgehead atoms. The average molecular weight is 358 g/mol. The van der Waals surface area contributed by atoms with Gasteiger partial charge < -0.3 is 10.2 Å². The molecule has 0 aliphatic rings. The molecule has 0 unspecified atom stereocenters. The molecule has 4 aromatic rings. The van der Waals surface area contributed by atoms with Gasteiger partial charge in [-0.1, -0.05) is 12.1 Å². The molecule has 4 nitrogen and oxygen atoms in total. The van der Waals surface area contributed by atoms with Gasteiger partial charge in [0.2, 0.25) is 5.91 Å². The summed E-state index contributed by atoms with van der Waals surface area (Å²) in [4.78, 5) is 16.0. The van der Waals surface area contributed by atoms with Gasteiger partial charge in [0.05, 0.1) is 12.0 Å². The monoisotopic (exact) mass is 358 g/mol. The van der Waals surface area contributed by atoms with Crippen LogP contribution in [0, 0.1) is 5.82 Å². The Labute approximate surface area is 155 Å². The third-order valence-electron chi connectivity index (χ3n) is 4.24. The molecule has 2 aromatic carbocycles. The Morgan fingerprint density at radius 2 is 1.52 bits per heavy atom. The van der Waals surface area contributed by atoms with Gasteiger partial charge in [0.15, 0.2) is 5.76 Å². The van der Waals surface area contributed by atoms with Crippen molar-refractivity contribution in [2.45, 2.75) is 0 Å². The minimum Gasteiger partial charge on any atom is -0.463 e. The largest absolute Gasteiger partial charge is 0.463 e. The van der Waals surface area contributed by atoms with Gasteiger partial charge >= 0.3 is 0 Å². The number of aromatic nitrogens is 1. The molecule has 5 heteroatoms. The van der Waals surface area contributed by atoms with Crippen molar-refractivity contribution in [1.82, 2.24) is 4.98 Å². The molecule has 4 rings (SSSR count). The van der Waals surface area contributed by atoms with Gasteiger partial charge in [0.1, 0.15) is 11.5 Å². The first kappa shape index (κ1) is 16.7. The lowest BCUT2D eigenvalue weighted by atomic mass is 10.0. The predicted molar refractivity (Wildman–Crippen MR) is 101 cm³/mol. The maximum atomic E-state index is 13.3. The van der Waals surface area contributed by atoms with Gasteiger partial charge in [-0.05, 0) is 71.8 Å². The Morgan fingerprint density at radius 1 is 0.852 bits per heavy atom. The lowest BCUT2D eigenvalue weighted by Gasteiger charge is -2.09. The standard InChI is InChI=1S/C22H15FN2O2/c23-18-9-7-15(8-10-18)19-12-17(13-20(25-19)21-2-1-11-27-21)14-3-5-16(6-4-14)22(24)26/h1-13H,(H2,24,26). The molecule has 0 atom stereocenters. The van der Waals surface area contributed by atoms with E-state index < -0.39 is 5.91 Å². The van der Waals surface area contributed by atoms with Crippen LogP contribution in [0.25, 0.3) is 33.8 Å². The number of nitrogens with two attached hydrogens (primary N) is 1. The Bertz CT molecular complexity index is 1090. The molecule has 0 aliphatic heterocycles. The number of nitrogens with zero attached hydrogens (tertiary/aromatic N) is 1. The summed E-state index contributed by atoms with van der Waals surface area (Å²) < 4.78 is 18.8. The van der Waals surface area contributed by atoms with Crippen molar-refractivity contribution in [2.75, 3.05) is 0 Å². The highest BCUT2D eigenvalue weighted by atomic mass is 19.1. The molecule has 0 saturated carbocycles. The van der Waals surface area contributed by atoms with Gasteiger partial charge in [0, 0.05) is 11.1 Å². The van der Waals surface area contributed by atoms with E-state index in [1.54, 1.807) is 36.6 Å². The van der Waals surface area contributed by atoms with Crippen LogP contribution >= 0.6 is 0 Å². The van der Waals surface area contributed by atoms with E-state index in [9.17, 15) is 9.18 Å². The van der Waals surface area contributed by atoms with Crippen LogP contribution in [0.2, 0.25) is 0 Å². The molecule has 132 valence electrons. The normalized spacial score (nSPS) is 10.7. The maximum Gasteiger partial charge on any atom is 0.248 e. The van der Waals surface area contributed by atoms with E-state index in [1.807, 2.05) is 30.3 Å². The van der Waals surface area contributed by atoms with Crippen LogP contribution < -0.4 is 5.73 Å². The molecule has 2 N–H and O–H groups in total. The van der Waals surface area contributed by atoms with Gasteiger partial charge in [-0.25, -0.2) is 9.37 Å². The molecule has 1 amide bonds. The Balaban J connectivity index is 1.85. The summed E-state index contributed by atoms with van der Waals surface area (Å²) >= 11 is 0. The Kier molecular flexibility index (Phi) is 4.26. The molecule has 2 aromatic heterocycles. The first-order chi connectivity index (χ1) is 13.1. The molecule has 0 fully saturated rings. The zero-order valence-electron chi connectivity index (χ0n) is 14.2. The number of pyridine rings is 1. The van der Waals surface area contributed by atoms with E-state index in [0.717, 1.165) is 16.7 Å². The number of amides is 1. The fraction of sp³-hybridized carbons (Fsp3) is 0. The Morgan fingerprint density at radius 3 is 2.15 bits per heavy atom. The van der Waals surface area contributed by atoms with Crippen LogP contribution in [0.5, 0.6) is 0 Å². The van der Waals surface area contributed by atoms with E-state index in [2.05, 4.69) is 4.98 Å². The van der Waals surface area contributed by atoms with Gasteiger partial charge in [-0.2, -0.15) is 0 Å². The van der Waals surface area contributed by atoms with Crippen LogP contribution in [-0.4, -0.2) is 10.9 Å². The van der Waals surface area contributed by atoms with E-state index >= 15 is 0 Å². The van der Waals surface area contributed by atoms with E-state index in [4.69, 9.17) is 10.2 Å². The lowest BCUT2D eigenvalue weighted by molar-refractivity contribution is 0.100. The quantitative estimate of drug-likeness (QED) is 0.563. The van der Waals surface area contributed by atoms with Crippen LogP contribution in [-0.2, 0) is 0 Å². The molecule has 0 aliphatic carbocycles. The molecular weight excluding hydrogens is 343 g/mol. The first-order valence-electron chi connectivity index (χ1n) is 8.32. The molecule has 0 spiro atoms. The summed E-state index contributed by atoms with van der Waals surface area (Å²) in [5, 5.41) is 0. The maximum absolute atomic E-state index is 13.3. The summed E-state index contributed by atoms with van der Waals surface area (Å²) in [7, 11) is 0. The molecule has 0 saturated heterocycles. The first-order valence-corrected chi connectivity index (χ1v) is 8.32. The number of furan rings is 1. The number of carbonyl (C=O) groups excluding carboxylic acids is 1. The predicted octanol–water partition coefficient (Wildman–Crippen LogP) is 4.91. The van der Waals surface area contributed by atoms with Crippen molar-refractivity contribution in [3.63, 3.8) is 0 Å². The second kappa shape index (κ2) is 6.88. The molecular formula is C22H15FN2O2. The van der Waals surface area contributed by atoms with Crippen molar-refractivity contribution in [1.29, 1.82) is 0 Å². The highest BCUT2D eigenvalue weighted by Crippen LogP contribution is 2.30. The third-order valence-corrected chi connectivity index (χ3v) is 4.24. The lowest BCUT2D eigenvalue weighted by Crippen LogP contribution is -2.10. The number of hydrogen-bond donors (Lipinski definition) is 1. The number of hydrogen-bond acceptors (Lipinski definition) is 3. The van der Waals surface area contributed by atoms with E-state index in [1.165, 1.54) is 12.1 Å². The Hall–Kier alpha value is -3.73.